The Hall–Kier alpha value is -3.95. The summed E-state index contributed by atoms with van der Waals surface area (Å²) in [6.07, 6.45) is -0.900. The first-order valence-electron chi connectivity index (χ1n) is 22.9. The fourth-order valence-electron chi connectivity index (χ4n) is 9.79. The zero-order chi connectivity index (χ0) is 46.5. The van der Waals surface area contributed by atoms with Gasteiger partial charge in [-0.15, -0.1) is 5.10 Å². The van der Waals surface area contributed by atoms with Gasteiger partial charge in [-0.2, -0.15) is 0 Å². The molecule has 4 fully saturated rings. The summed E-state index contributed by atoms with van der Waals surface area (Å²) in [5.74, 6) is -4.69. The third-order valence-electron chi connectivity index (χ3n) is 13.9. The van der Waals surface area contributed by atoms with Crippen LogP contribution in [0.2, 0.25) is 0 Å². The maximum Gasteiger partial charge on any atom is 0.316 e. The van der Waals surface area contributed by atoms with Crippen LogP contribution in [-0.4, -0.2) is 151 Å². The molecule has 19 nitrogen and oxygen atoms in total. The summed E-state index contributed by atoms with van der Waals surface area (Å²) in [6, 6.07) is 6.04. The molecular weight excluding hydrogens is 831 g/mol. The molecule has 4 N–H and O–H groups in total. The first-order chi connectivity index (χ1) is 30.3. The molecule has 6 rings (SSSR count). The highest BCUT2D eigenvalue weighted by atomic mass is 16.7. The van der Waals surface area contributed by atoms with Gasteiger partial charge in [-0.1, -0.05) is 43.3 Å². The van der Waals surface area contributed by atoms with Gasteiger partial charge in [-0.25, -0.2) is 0 Å². The third kappa shape index (κ3) is 11.3. The number of aromatic nitrogens is 3. The number of hydrogen-bond acceptors (Lipinski definition) is 17. The first kappa shape index (κ1) is 49.5. The molecule has 13 atom stereocenters. The molecule has 1 aromatic heterocycles. The number of piperidine rings is 1. The monoisotopic (exact) mass is 900 g/mol. The molecule has 64 heavy (non-hydrogen) atoms. The number of ketones is 1. The average Bonchev–Trinajstić information content (AvgIpc) is 3.92. The zero-order valence-electron chi connectivity index (χ0n) is 38.5. The Bertz CT molecular complexity index is 1920. The van der Waals surface area contributed by atoms with Crippen molar-refractivity contribution in [2.45, 2.75) is 160 Å². The fraction of sp³-hybridized carbons (Fsp3) is 0.756. The van der Waals surface area contributed by atoms with E-state index in [0.717, 1.165) is 37.2 Å². The van der Waals surface area contributed by atoms with Gasteiger partial charge in [0, 0.05) is 61.6 Å². The number of nitro benzene ring substituents is 1. The Balaban J connectivity index is 1.20. The molecule has 4 saturated heterocycles. The van der Waals surface area contributed by atoms with Gasteiger partial charge >= 0.3 is 5.97 Å². The number of cyclic esters (lactones) is 1. The standard InChI is InChI=1S/C45H69N7O12/c1-9-36-45(7,57)40(55)27(3)37(48-64-34-14-18-46-19-15-34)31-23-44(6,60-25-31)41(28(4)38(53)29(5)42(56)62-36)63-43-39(54)35(22-26(2)61-43)50(8)20-17-32-24-51(49-47-32)21-16-30-10-12-33(13-11-30)52(58)59/h10-13,24,26-29,31,34-36,39-41,43,46,54-55,57H,9,14-23,25H2,1-8H3/b48-37-/t26-,27+,28+,29-,31+,35+,36-,39-,40-,41-,43+,44-,45-/m1/s1. The minimum Gasteiger partial charge on any atom is -0.459 e. The predicted octanol–water partition coefficient (Wildman–Crippen LogP) is 3.00. The normalized spacial score (nSPS) is 36.5. The molecule has 2 bridgehead atoms. The van der Waals surface area contributed by atoms with Crippen LogP contribution in [0.15, 0.2) is 35.6 Å². The summed E-state index contributed by atoms with van der Waals surface area (Å²) in [6.45, 7) is 14.6. The Labute approximate surface area is 375 Å². The smallest absolute Gasteiger partial charge is 0.316 e. The van der Waals surface area contributed by atoms with Gasteiger partial charge < -0.3 is 49.3 Å². The lowest BCUT2D eigenvalue weighted by molar-refractivity contribution is -0.384. The number of esters is 1. The third-order valence-corrected chi connectivity index (χ3v) is 13.9. The second-order valence-electron chi connectivity index (χ2n) is 18.8. The Morgan fingerprint density at radius 2 is 1.78 bits per heavy atom. The number of non-ortho nitro benzene ring substituents is 1. The van der Waals surface area contributed by atoms with Crippen LogP contribution in [0.1, 0.15) is 91.8 Å². The summed E-state index contributed by atoms with van der Waals surface area (Å²) in [5, 5.41) is 63.3. The first-order valence-corrected chi connectivity index (χ1v) is 22.9. The molecule has 1 aromatic carbocycles. The zero-order valence-corrected chi connectivity index (χ0v) is 38.5. The van der Waals surface area contributed by atoms with E-state index in [1.54, 1.807) is 37.6 Å². The molecule has 5 heterocycles. The van der Waals surface area contributed by atoms with Crippen LogP contribution in [0, 0.1) is 33.8 Å². The van der Waals surface area contributed by atoms with Gasteiger partial charge in [-0.05, 0) is 91.9 Å². The number of carbonyl (C=O) groups excluding carboxylic acids is 2. The van der Waals surface area contributed by atoms with Crippen LogP contribution < -0.4 is 5.32 Å². The maximum atomic E-state index is 14.4. The van der Waals surface area contributed by atoms with Gasteiger partial charge in [0.05, 0.1) is 46.8 Å². The lowest BCUT2D eigenvalue weighted by atomic mass is 9.75. The van der Waals surface area contributed by atoms with E-state index in [4.69, 9.17) is 23.8 Å². The van der Waals surface area contributed by atoms with E-state index in [0.29, 0.717) is 38.1 Å². The maximum absolute atomic E-state index is 14.4. The summed E-state index contributed by atoms with van der Waals surface area (Å²) in [7, 11) is 1.91. The predicted molar refractivity (Wildman–Crippen MR) is 233 cm³/mol. The van der Waals surface area contributed by atoms with Crippen molar-refractivity contribution in [3.8, 4) is 0 Å². The van der Waals surface area contributed by atoms with Crippen molar-refractivity contribution in [3.63, 3.8) is 0 Å². The van der Waals surface area contributed by atoms with Crippen LogP contribution in [0.3, 0.4) is 0 Å². The number of likely N-dealkylation sites (N-methyl/N-ethyl adjacent to an activating group) is 1. The van der Waals surface area contributed by atoms with E-state index >= 15 is 0 Å². The van der Waals surface area contributed by atoms with Gasteiger partial charge in [0.2, 0.25) is 0 Å². The highest BCUT2D eigenvalue weighted by Crippen LogP contribution is 2.43. The molecule has 356 valence electrons. The number of benzene rings is 1. The van der Waals surface area contributed by atoms with E-state index in [-0.39, 0.29) is 37.3 Å². The van der Waals surface area contributed by atoms with Crippen LogP contribution in [0.25, 0.3) is 0 Å². The van der Waals surface area contributed by atoms with E-state index < -0.39 is 88.3 Å². The van der Waals surface area contributed by atoms with Crippen molar-refractivity contribution in [2.24, 2.45) is 28.8 Å². The number of aliphatic hydroxyl groups excluding tert-OH is 2. The van der Waals surface area contributed by atoms with Gasteiger partial charge in [0.1, 0.15) is 29.8 Å². The topological polar surface area (TPSA) is 242 Å². The number of oxime groups is 1. The SMILES string of the molecule is CC[C@H]1OC(=O)[C@H](C)C(=O)[C@H](C)[C@@H](O[C@@H]2O[C@H](C)C[C@H](N(C)CCc3cn(CCc4ccc([N+](=O)[O-])cc4)nn3)[C@H]2O)[C@@]2(C)C[C@@H](CO2)/C(=N\OC2CCNCC2)[C@H](C)[C@@H](O)[C@]1(C)O. The molecule has 0 aliphatic carbocycles. The van der Waals surface area contributed by atoms with Crippen LogP contribution in [0.4, 0.5) is 5.69 Å². The number of Topliss-reactive ketones (excluding diaryl/α,β-unsaturated/α-hetero) is 1. The second-order valence-corrected chi connectivity index (χ2v) is 18.8. The molecule has 4 aliphatic rings. The lowest BCUT2D eigenvalue weighted by Crippen LogP contribution is -2.59. The van der Waals surface area contributed by atoms with Crippen molar-refractivity contribution in [3.05, 3.63) is 51.8 Å². The highest BCUT2D eigenvalue weighted by Gasteiger charge is 2.55. The largest absolute Gasteiger partial charge is 0.459 e. The van der Waals surface area contributed by atoms with E-state index in [2.05, 4.69) is 20.8 Å². The lowest BCUT2D eigenvalue weighted by Gasteiger charge is -2.46. The molecule has 19 heteroatoms. The van der Waals surface area contributed by atoms with Crippen molar-refractivity contribution in [2.75, 3.05) is 33.3 Å². The van der Waals surface area contributed by atoms with E-state index in [1.165, 1.54) is 26.0 Å². The summed E-state index contributed by atoms with van der Waals surface area (Å²) >= 11 is 0. The summed E-state index contributed by atoms with van der Waals surface area (Å²) in [4.78, 5) is 46.8. The molecule has 4 aliphatic heterocycles. The number of carbonyl (C=O) groups is 2. The number of nitrogens with zero attached hydrogens (tertiary/aromatic N) is 6. The van der Waals surface area contributed by atoms with Crippen LogP contribution in [-0.2, 0) is 52.8 Å². The van der Waals surface area contributed by atoms with Gasteiger partial charge in [0.25, 0.3) is 5.69 Å². The molecule has 0 radical (unpaired) electrons. The minimum atomic E-state index is -1.90. The van der Waals surface area contributed by atoms with Crippen molar-refractivity contribution in [1.29, 1.82) is 0 Å². The van der Waals surface area contributed by atoms with Crippen molar-refractivity contribution >= 4 is 23.2 Å². The fourth-order valence-corrected chi connectivity index (χ4v) is 9.79. The number of aliphatic hydroxyl groups is 3. The van der Waals surface area contributed by atoms with E-state index in [9.17, 15) is 35.0 Å². The molecule has 0 spiro atoms. The molecule has 0 unspecified atom stereocenters. The van der Waals surface area contributed by atoms with Crippen molar-refractivity contribution < 1.29 is 53.6 Å². The van der Waals surface area contributed by atoms with Gasteiger partial charge in [0.15, 0.2) is 12.1 Å². The minimum absolute atomic E-state index is 0.0420. The van der Waals surface area contributed by atoms with Gasteiger partial charge in [-0.3, -0.25) is 24.4 Å². The number of rotatable bonds is 13. The number of hydrogen-bond donors (Lipinski definition) is 4. The summed E-state index contributed by atoms with van der Waals surface area (Å²) < 4.78 is 27.3. The van der Waals surface area contributed by atoms with Crippen LogP contribution in [0.5, 0.6) is 0 Å². The molecule has 0 saturated carbocycles. The molecule has 2 aromatic rings. The number of nitrogens with one attached hydrogen (secondary N) is 1. The quantitative estimate of drug-likeness (QED) is 0.0978. The molecular formula is C45H69N7O12. The second kappa shape index (κ2) is 21.1. The number of ether oxygens (including phenoxy) is 4. The van der Waals surface area contributed by atoms with E-state index in [1.807, 2.05) is 32.0 Å². The number of nitro groups is 1. The average molecular weight is 900 g/mol. The number of aryl methyl sites for hydroxylation is 2. The Morgan fingerprint density at radius 3 is 2.45 bits per heavy atom. The van der Waals surface area contributed by atoms with Crippen molar-refractivity contribution in [1.82, 2.24) is 25.2 Å². The number of fused-ring (bicyclic) bond motifs is 2. The Kier molecular flexibility index (Phi) is 16.3. The summed E-state index contributed by atoms with van der Waals surface area (Å²) in [5.41, 5.74) is -0.846. The molecule has 0 amide bonds. The highest BCUT2D eigenvalue weighted by molar-refractivity contribution is 6.00. The van der Waals surface area contributed by atoms with Crippen LogP contribution >= 0.6 is 0 Å². The Morgan fingerprint density at radius 1 is 1.08 bits per heavy atom.